The number of para-hydroxylation sites is 1. The van der Waals surface area contributed by atoms with E-state index < -0.39 is 0 Å². The zero-order valence-electron chi connectivity index (χ0n) is 17.5. The topological polar surface area (TPSA) is 46.6 Å². The molecule has 0 saturated carbocycles. The third-order valence-corrected chi connectivity index (χ3v) is 5.05. The van der Waals surface area contributed by atoms with E-state index in [1.807, 2.05) is 71.6 Å². The van der Waals surface area contributed by atoms with Crippen molar-refractivity contribution >= 4 is 17.6 Å². The molecule has 0 aliphatic carbocycles. The summed E-state index contributed by atoms with van der Waals surface area (Å²) in [6.07, 6.45) is 2.44. The van der Waals surface area contributed by atoms with Gasteiger partial charge in [0.1, 0.15) is 0 Å². The molecular weight excluding hydrogens is 374 g/mol. The molecule has 3 rings (SSSR count). The molecule has 0 unspecified atom stereocenters. The van der Waals surface area contributed by atoms with Crippen LogP contribution in [-0.4, -0.2) is 19.0 Å². The number of rotatable bonds is 8. The highest BCUT2D eigenvalue weighted by Gasteiger charge is 2.15. The van der Waals surface area contributed by atoms with Gasteiger partial charge < -0.3 is 9.64 Å². The summed E-state index contributed by atoms with van der Waals surface area (Å²) < 4.78 is 4.74. The minimum atomic E-state index is -0.342. The van der Waals surface area contributed by atoms with Crippen molar-refractivity contribution in [3.05, 3.63) is 90.0 Å². The average molecular weight is 402 g/mol. The molecular formula is C26H27NO3. The van der Waals surface area contributed by atoms with Crippen LogP contribution in [0.25, 0.3) is 11.1 Å². The maximum atomic E-state index is 12.8. The Hall–Kier alpha value is -3.40. The molecule has 4 heteroatoms. The van der Waals surface area contributed by atoms with Crippen LogP contribution in [0.2, 0.25) is 0 Å². The number of carbonyl (C=O) groups excluding carboxylic acids is 2. The van der Waals surface area contributed by atoms with E-state index in [2.05, 4.69) is 6.92 Å². The molecule has 0 atom stereocenters. The average Bonchev–Trinajstić information content (AvgIpc) is 2.81. The Morgan fingerprint density at radius 2 is 1.43 bits per heavy atom. The Balaban J connectivity index is 1.76. The van der Waals surface area contributed by atoms with Gasteiger partial charge in [-0.2, -0.15) is 0 Å². The normalized spacial score (nSPS) is 10.5. The van der Waals surface area contributed by atoms with Crippen LogP contribution < -0.4 is 4.90 Å². The fourth-order valence-electron chi connectivity index (χ4n) is 3.30. The standard InChI is InChI=1S/C26H27NO3/c1-3-4-10-25(28)27(24-8-6-5-7-9-24)19-20-11-13-21(14-12-20)22-15-17-23(18-16-22)26(29)30-2/h5-9,11-18H,3-4,10,19H2,1-2H3. The molecule has 3 aromatic rings. The lowest BCUT2D eigenvalue weighted by Gasteiger charge is -2.23. The number of unbranched alkanes of at least 4 members (excludes halogenated alkanes) is 1. The molecule has 3 aromatic carbocycles. The highest BCUT2D eigenvalue weighted by Crippen LogP contribution is 2.23. The molecule has 0 aliphatic rings. The summed E-state index contributed by atoms with van der Waals surface area (Å²) in [5.74, 6) is -0.198. The lowest BCUT2D eigenvalue weighted by atomic mass is 10.0. The summed E-state index contributed by atoms with van der Waals surface area (Å²) in [6, 6.07) is 25.3. The van der Waals surface area contributed by atoms with Crippen molar-refractivity contribution in [1.29, 1.82) is 0 Å². The van der Waals surface area contributed by atoms with E-state index in [1.54, 1.807) is 12.1 Å². The van der Waals surface area contributed by atoms with Crippen molar-refractivity contribution in [3.63, 3.8) is 0 Å². The van der Waals surface area contributed by atoms with Crippen molar-refractivity contribution in [1.82, 2.24) is 0 Å². The quantitative estimate of drug-likeness (QED) is 0.444. The van der Waals surface area contributed by atoms with Crippen LogP contribution in [-0.2, 0) is 16.1 Å². The van der Waals surface area contributed by atoms with Crippen molar-refractivity contribution in [2.45, 2.75) is 32.7 Å². The maximum Gasteiger partial charge on any atom is 0.337 e. The first-order valence-corrected chi connectivity index (χ1v) is 10.3. The van der Waals surface area contributed by atoms with Crippen molar-refractivity contribution < 1.29 is 14.3 Å². The Labute approximate surface area is 178 Å². The van der Waals surface area contributed by atoms with Crippen molar-refractivity contribution in [2.75, 3.05) is 12.0 Å². The minimum Gasteiger partial charge on any atom is -0.465 e. The second kappa shape index (κ2) is 10.4. The Morgan fingerprint density at radius 1 is 0.833 bits per heavy atom. The third-order valence-electron chi connectivity index (χ3n) is 5.05. The summed E-state index contributed by atoms with van der Waals surface area (Å²) in [5, 5.41) is 0. The van der Waals surface area contributed by atoms with Crippen LogP contribution >= 0.6 is 0 Å². The predicted molar refractivity (Wildman–Crippen MR) is 120 cm³/mol. The number of ether oxygens (including phenoxy) is 1. The number of hydrogen-bond acceptors (Lipinski definition) is 3. The SMILES string of the molecule is CCCCC(=O)N(Cc1ccc(-c2ccc(C(=O)OC)cc2)cc1)c1ccccc1. The summed E-state index contributed by atoms with van der Waals surface area (Å²) in [5.41, 5.74) is 4.59. The number of amides is 1. The van der Waals surface area contributed by atoms with Crippen LogP contribution in [0.15, 0.2) is 78.9 Å². The lowest BCUT2D eigenvalue weighted by molar-refractivity contribution is -0.118. The fourth-order valence-corrected chi connectivity index (χ4v) is 3.30. The smallest absolute Gasteiger partial charge is 0.337 e. The number of anilines is 1. The van der Waals surface area contributed by atoms with Gasteiger partial charge >= 0.3 is 5.97 Å². The Morgan fingerprint density at radius 3 is 2.00 bits per heavy atom. The van der Waals surface area contributed by atoms with Gasteiger partial charge in [-0.15, -0.1) is 0 Å². The van der Waals surface area contributed by atoms with E-state index in [4.69, 9.17) is 4.74 Å². The number of nitrogens with zero attached hydrogens (tertiary/aromatic N) is 1. The van der Waals surface area contributed by atoms with Crippen LogP contribution in [0.5, 0.6) is 0 Å². The van der Waals surface area contributed by atoms with Crippen molar-refractivity contribution in [2.24, 2.45) is 0 Å². The lowest BCUT2D eigenvalue weighted by Crippen LogP contribution is -2.30. The first-order chi connectivity index (χ1) is 14.6. The second-order valence-corrected chi connectivity index (χ2v) is 7.18. The predicted octanol–water partition coefficient (Wildman–Crippen LogP) is 5.86. The maximum absolute atomic E-state index is 12.8. The number of methoxy groups -OCH3 is 1. The molecule has 0 saturated heterocycles. The Bertz CT molecular complexity index is 963. The number of hydrogen-bond donors (Lipinski definition) is 0. The zero-order chi connectivity index (χ0) is 21.3. The van der Waals surface area contributed by atoms with Crippen molar-refractivity contribution in [3.8, 4) is 11.1 Å². The van der Waals surface area contributed by atoms with E-state index >= 15 is 0 Å². The van der Waals surface area contributed by atoms with E-state index in [0.717, 1.165) is 35.2 Å². The van der Waals surface area contributed by atoms with Gasteiger partial charge in [-0.05, 0) is 47.4 Å². The van der Waals surface area contributed by atoms with Gasteiger partial charge in [-0.25, -0.2) is 4.79 Å². The van der Waals surface area contributed by atoms with Gasteiger partial charge in [0, 0.05) is 12.1 Å². The summed E-state index contributed by atoms with van der Waals surface area (Å²) in [7, 11) is 1.38. The first-order valence-electron chi connectivity index (χ1n) is 10.3. The highest BCUT2D eigenvalue weighted by atomic mass is 16.5. The van der Waals surface area contributed by atoms with Gasteiger partial charge in [0.2, 0.25) is 5.91 Å². The summed E-state index contributed by atoms with van der Waals surface area (Å²) in [6.45, 7) is 2.63. The van der Waals surface area contributed by atoms with E-state index in [-0.39, 0.29) is 11.9 Å². The number of carbonyl (C=O) groups is 2. The van der Waals surface area contributed by atoms with Gasteiger partial charge in [0.05, 0.1) is 19.2 Å². The second-order valence-electron chi connectivity index (χ2n) is 7.18. The van der Waals surface area contributed by atoms with E-state index in [9.17, 15) is 9.59 Å². The monoisotopic (exact) mass is 401 g/mol. The first kappa shape index (κ1) is 21.3. The van der Waals surface area contributed by atoms with Crippen LogP contribution in [0.3, 0.4) is 0 Å². The van der Waals surface area contributed by atoms with Gasteiger partial charge in [0.15, 0.2) is 0 Å². The molecule has 0 spiro atoms. The van der Waals surface area contributed by atoms with Crippen LogP contribution in [0, 0.1) is 0 Å². The molecule has 154 valence electrons. The van der Waals surface area contributed by atoms with E-state index in [0.29, 0.717) is 18.5 Å². The third kappa shape index (κ3) is 5.35. The molecule has 30 heavy (non-hydrogen) atoms. The molecule has 0 aromatic heterocycles. The van der Waals surface area contributed by atoms with Gasteiger partial charge in [0.25, 0.3) is 0 Å². The largest absolute Gasteiger partial charge is 0.465 e. The molecule has 1 amide bonds. The number of esters is 1. The molecule has 4 nitrogen and oxygen atoms in total. The van der Waals surface area contributed by atoms with E-state index in [1.165, 1.54) is 7.11 Å². The van der Waals surface area contributed by atoms with Crippen LogP contribution in [0.1, 0.15) is 42.1 Å². The molecule has 0 aliphatic heterocycles. The zero-order valence-corrected chi connectivity index (χ0v) is 17.5. The highest BCUT2D eigenvalue weighted by molar-refractivity contribution is 5.93. The minimum absolute atomic E-state index is 0.144. The van der Waals surface area contributed by atoms with Gasteiger partial charge in [-0.3, -0.25) is 4.79 Å². The van der Waals surface area contributed by atoms with Gasteiger partial charge in [-0.1, -0.05) is 67.9 Å². The fraction of sp³-hybridized carbons (Fsp3) is 0.231. The molecule has 0 bridgehead atoms. The van der Waals surface area contributed by atoms with Crippen LogP contribution in [0.4, 0.5) is 5.69 Å². The Kier molecular flexibility index (Phi) is 7.39. The molecule has 0 heterocycles. The molecule has 0 fully saturated rings. The molecule has 0 N–H and O–H groups in total. The summed E-state index contributed by atoms with van der Waals surface area (Å²) in [4.78, 5) is 26.2. The summed E-state index contributed by atoms with van der Waals surface area (Å²) >= 11 is 0. The number of benzene rings is 3. The molecule has 0 radical (unpaired) electrons.